The second-order valence-corrected chi connectivity index (χ2v) is 7.18. The Balaban J connectivity index is 1.83. The van der Waals surface area contributed by atoms with Gasteiger partial charge in [-0.2, -0.15) is 13.2 Å². The molecule has 0 radical (unpaired) electrons. The molecule has 0 fully saturated rings. The van der Waals surface area contributed by atoms with Gasteiger partial charge in [-0.15, -0.1) is 0 Å². The van der Waals surface area contributed by atoms with Crippen molar-refractivity contribution in [1.82, 2.24) is 15.8 Å². The van der Waals surface area contributed by atoms with Crippen molar-refractivity contribution in [2.24, 2.45) is 0 Å². The third-order valence-electron chi connectivity index (χ3n) is 4.68. The normalized spacial score (nSPS) is 11.0. The summed E-state index contributed by atoms with van der Waals surface area (Å²) in [5.41, 5.74) is 4.21. The minimum atomic E-state index is -5.19. The molecule has 7 nitrogen and oxygen atoms in total. The molecule has 2 aromatic carbocycles. The first-order valence-corrected chi connectivity index (χ1v) is 9.81. The van der Waals surface area contributed by atoms with E-state index in [9.17, 15) is 31.9 Å². The first-order chi connectivity index (χ1) is 16.1. The lowest BCUT2D eigenvalue weighted by Gasteiger charge is -2.24. The highest BCUT2D eigenvalue weighted by Gasteiger charge is 2.39. The number of alkyl halides is 3. The molecule has 0 bridgehead atoms. The summed E-state index contributed by atoms with van der Waals surface area (Å²) in [6, 6.07) is 13.3. The van der Waals surface area contributed by atoms with E-state index in [-0.39, 0.29) is 17.7 Å². The monoisotopic (exact) mass is 474 g/mol. The highest BCUT2D eigenvalue weighted by molar-refractivity contribution is 6.06. The van der Waals surface area contributed by atoms with Crippen LogP contribution in [0.15, 0.2) is 67.0 Å². The number of aryl methyl sites for hydroxylation is 1. The highest BCUT2D eigenvalue weighted by Crippen LogP contribution is 2.23. The molecule has 0 atom stereocenters. The summed E-state index contributed by atoms with van der Waals surface area (Å²) < 4.78 is 51.5. The molecule has 1 heterocycles. The second-order valence-electron chi connectivity index (χ2n) is 7.18. The molecule has 0 aliphatic rings. The Morgan fingerprint density at radius 1 is 0.941 bits per heavy atom. The lowest BCUT2D eigenvalue weighted by atomic mass is 10.1. The van der Waals surface area contributed by atoms with E-state index in [2.05, 4.69) is 4.98 Å². The predicted octanol–water partition coefficient (Wildman–Crippen LogP) is 3.70. The molecule has 0 saturated carbocycles. The van der Waals surface area contributed by atoms with Crippen LogP contribution in [0.2, 0.25) is 0 Å². The van der Waals surface area contributed by atoms with Gasteiger partial charge in [-0.3, -0.25) is 30.2 Å². The Morgan fingerprint density at radius 2 is 1.65 bits per heavy atom. The number of hydrogen-bond acceptors (Lipinski definition) is 4. The number of pyridine rings is 1. The average Bonchev–Trinajstić information content (AvgIpc) is 2.81. The zero-order chi connectivity index (χ0) is 24.9. The van der Waals surface area contributed by atoms with Crippen molar-refractivity contribution >= 4 is 23.4 Å². The molecule has 0 unspecified atom stereocenters. The van der Waals surface area contributed by atoms with E-state index >= 15 is 0 Å². The van der Waals surface area contributed by atoms with Crippen LogP contribution in [0.5, 0.6) is 0 Å². The number of carbonyl (C=O) groups is 3. The van der Waals surface area contributed by atoms with Crippen molar-refractivity contribution in [3.8, 4) is 0 Å². The van der Waals surface area contributed by atoms with Crippen molar-refractivity contribution in [1.29, 1.82) is 0 Å². The van der Waals surface area contributed by atoms with Crippen LogP contribution < -0.4 is 15.8 Å². The summed E-state index contributed by atoms with van der Waals surface area (Å²) in [6.07, 6.45) is -2.29. The topological polar surface area (TPSA) is 91.4 Å². The maximum Gasteiger partial charge on any atom is 0.472 e. The van der Waals surface area contributed by atoms with E-state index in [4.69, 9.17) is 0 Å². The van der Waals surface area contributed by atoms with Crippen LogP contribution >= 0.6 is 0 Å². The number of benzene rings is 2. The van der Waals surface area contributed by atoms with E-state index in [0.29, 0.717) is 11.3 Å². The van der Waals surface area contributed by atoms with E-state index in [1.807, 2.05) is 13.0 Å². The molecule has 176 valence electrons. The molecule has 0 aliphatic carbocycles. The Labute approximate surface area is 191 Å². The van der Waals surface area contributed by atoms with Crippen molar-refractivity contribution in [3.05, 3.63) is 95.1 Å². The summed E-state index contributed by atoms with van der Waals surface area (Å²) in [5, 5.41) is 0. The standard InChI is InChI=1S/C23H18F4N4O3/c1-14-3-2-4-18(11-14)31(21(33)15-7-9-28-10-8-15)13-17-6-5-16(12-19(17)24)20(32)29-30-22(34)23(25,26)27/h2-12H,13H2,1H3,(H,29,32)(H,30,34). The van der Waals surface area contributed by atoms with Crippen LogP contribution in [0.3, 0.4) is 0 Å². The van der Waals surface area contributed by atoms with Gasteiger partial charge < -0.3 is 4.90 Å². The first-order valence-electron chi connectivity index (χ1n) is 9.81. The fourth-order valence-electron chi connectivity index (χ4n) is 2.97. The van der Waals surface area contributed by atoms with Gasteiger partial charge >= 0.3 is 12.1 Å². The smallest absolute Gasteiger partial charge is 0.304 e. The highest BCUT2D eigenvalue weighted by atomic mass is 19.4. The number of rotatable bonds is 5. The molecule has 3 aromatic rings. The van der Waals surface area contributed by atoms with Gasteiger partial charge in [-0.1, -0.05) is 18.2 Å². The summed E-state index contributed by atoms with van der Waals surface area (Å²) in [7, 11) is 0. The average molecular weight is 474 g/mol. The number of carbonyl (C=O) groups excluding carboxylic acids is 3. The molecule has 11 heteroatoms. The van der Waals surface area contributed by atoms with Gasteiger partial charge in [0.2, 0.25) is 0 Å². The fourth-order valence-corrected chi connectivity index (χ4v) is 2.97. The van der Waals surface area contributed by atoms with Gasteiger partial charge in [0.05, 0.1) is 6.54 Å². The maximum absolute atomic E-state index is 14.8. The van der Waals surface area contributed by atoms with Crippen LogP contribution in [0.25, 0.3) is 0 Å². The molecule has 34 heavy (non-hydrogen) atoms. The minimum absolute atomic E-state index is 0.0554. The van der Waals surface area contributed by atoms with E-state index in [0.717, 1.165) is 11.6 Å². The number of aromatic nitrogens is 1. The zero-order valence-corrected chi connectivity index (χ0v) is 17.7. The molecule has 0 aliphatic heterocycles. The third kappa shape index (κ3) is 5.94. The Hall–Kier alpha value is -4.28. The summed E-state index contributed by atoms with van der Waals surface area (Å²) >= 11 is 0. The van der Waals surface area contributed by atoms with Crippen molar-refractivity contribution in [2.75, 3.05) is 4.90 Å². The predicted molar refractivity (Wildman–Crippen MR) is 114 cm³/mol. The second kappa shape index (κ2) is 10.1. The van der Waals surface area contributed by atoms with Gasteiger partial charge in [0, 0.05) is 34.8 Å². The maximum atomic E-state index is 14.8. The Morgan fingerprint density at radius 3 is 2.26 bits per heavy atom. The largest absolute Gasteiger partial charge is 0.472 e. The molecule has 2 N–H and O–H groups in total. The summed E-state index contributed by atoms with van der Waals surface area (Å²) in [5.74, 6) is -4.80. The SMILES string of the molecule is Cc1cccc(N(Cc2ccc(C(=O)NNC(=O)C(F)(F)F)cc2F)C(=O)c2ccncc2)c1. The van der Waals surface area contributed by atoms with Gasteiger partial charge in [-0.25, -0.2) is 4.39 Å². The van der Waals surface area contributed by atoms with E-state index in [1.54, 1.807) is 23.6 Å². The first kappa shape index (κ1) is 24.4. The number of nitrogens with one attached hydrogen (secondary N) is 2. The molecule has 3 amide bonds. The molecule has 0 spiro atoms. The van der Waals surface area contributed by atoms with Crippen LogP contribution in [-0.4, -0.2) is 28.9 Å². The quantitative estimate of drug-likeness (QED) is 0.436. The number of amides is 3. The molecule has 1 aromatic heterocycles. The third-order valence-corrected chi connectivity index (χ3v) is 4.68. The number of hydrazine groups is 1. The number of halogens is 4. The zero-order valence-electron chi connectivity index (χ0n) is 17.7. The Bertz CT molecular complexity index is 1220. The molecule has 0 saturated heterocycles. The van der Waals surface area contributed by atoms with Gasteiger partial charge in [0.25, 0.3) is 11.8 Å². The van der Waals surface area contributed by atoms with E-state index in [1.165, 1.54) is 47.0 Å². The van der Waals surface area contributed by atoms with E-state index < -0.39 is 29.7 Å². The summed E-state index contributed by atoms with van der Waals surface area (Å²) in [6.45, 7) is 1.65. The van der Waals surface area contributed by atoms with Crippen molar-refractivity contribution in [2.45, 2.75) is 19.6 Å². The summed E-state index contributed by atoms with van der Waals surface area (Å²) in [4.78, 5) is 41.2. The molecule has 3 rings (SSSR count). The van der Waals surface area contributed by atoms with Gasteiger partial charge in [0.1, 0.15) is 5.82 Å². The van der Waals surface area contributed by atoms with Crippen molar-refractivity contribution in [3.63, 3.8) is 0 Å². The molecular formula is C23H18F4N4O3. The lowest BCUT2D eigenvalue weighted by molar-refractivity contribution is -0.174. The lowest BCUT2D eigenvalue weighted by Crippen LogP contribution is -2.47. The van der Waals surface area contributed by atoms with Gasteiger partial charge in [0.15, 0.2) is 0 Å². The minimum Gasteiger partial charge on any atom is -0.304 e. The van der Waals surface area contributed by atoms with Crippen molar-refractivity contribution < 1.29 is 31.9 Å². The van der Waals surface area contributed by atoms with Crippen LogP contribution in [0, 0.1) is 12.7 Å². The molecular weight excluding hydrogens is 456 g/mol. The van der Waals surface area contributed by atoms with Gasteiger partial charge in [-0.05, 0) is 48.9 Å². The Kier molecular flexibility index (Phi) is 7.24. The number of nitrogens with zero attached hydrogens (tertiary/aromatic N) is 2. The van der Waals surface area contributed by atoms with Crippen LogP contribution in [-0.2, 0) is 11.3 Å². The van der Waals surface area contributed by atoms with Crippen LogP contribution in [0.4, 0.5) is 23.2 Å². The fraction of sp³-hybridized carbons (Fsp3) is 0.130. The van der Waals surface area contributed by atoms with Crippen LogP contribution in [0.1, 0.15) is 31.8 Å². The number of hydrogen-bond donors (Lipinski definition) is 2. The number of anilines is 1.